The molecule has 0 spiro atoms. The Morgan fingerprint density at radius 3 is 2.68 bits per heavy atom. The molecule has 1 heterocycles. The first-order chi connectivity index (χ1) is 11.9. The van der Waals surface area contributed by atoms with Gasteiger partial charge in [-0.25, -0.2) is 0 Å². The summed E-state index contributed by atoms with van der Waals surface area (Å²) in [6.07, 6.45) is 1.70. The summed E-state index contributed by atoms with van der Waals surface area (Å²) in [5.41, 5.74) is 1.82. The van der Waals surface area contributed by atoms with Crippen LogP contribution in [0.2, 0.25) is 0 Å². The van der Waals surface area contributed by atoms with Gasteiger partial charge in [-0.3, -0.25) is 4.79 Å². The third-order valence-corrected chi connectivity index (χ3v) is 3.79. The number of aryl methyl sites for hydroxylation is 1. The average molecular weight is 344 g/mol. The van der Waals surface area contributed by atoms with Gasteiger partial charge in [0.25, 0.3) is 0 Å². The molecule has 0 saturated heterocycles. The first-order valence-corrected chi connectivity index (χ1v) is 8.81. The lowest BCUT2D eigenvalue weighted by molar-refractivity contribution is -0.116. The van der Waals surface area contributed by atoms with Crippen molar-refractivity contribution >= 4 is 11.6 Å². The lowest BCUT2D eigenvalue weighted by Gasteiger charge is -2.11. The van der Waals surface area contributed by atoms with Crippen molar-refractivity contribution in [1.82, 2.24) is 15.5 Å². The zero-order chi connectivity index (χ0) is 18.3. The van der Waals surface area contributed by atoms with Gasteiger partial charge < -0.3 is 15.2 Å². The van der Waals surface area contributed by atoms with E-state index in [0.717, 1.165) is 24.3 Å². The molecule has 1 aromatic carbocycles. The van der Waals surface area contributed by atoms with Crippen LogP contribution < -0.4 is 10.6 Å². The summed E-state index contributed by atoms with van der Waals surface area (Å²) in [4.78, 5) is 16.6. The summed E-state index contributed by atoms with van der Waals surface area (Å²) < 4.78 is 5.25. The molecular formula is C19H28N4O2. The molecule has 0 unspecified atom stereocenters. The van der Waals surface area contributed by atoms with E-state index in [-0.39, 0.29) is 11.3 Å². The summed E-state index contributed by atoms with van der Waals surface area (Å²) in [6.45, 7) is 9.82. The maximum Gasteiger partial charge on any atom is 0.226 e. The highest BCUT2D eigenvalue weighted by atomic mass is 16.5. The molecule has 0 atom stereocenters. The Morgan fingerprint density at radius 2 is 2.00 bits per heavy atom. The van der Waals surface area contributed by atoms with Crippen LogP contribution in [-0.4, -0.2) is 22.6 Å². The number of hydrogen-bond donors (Lipinski definition) is 2. The molecule has 0 aliphatic carbocycles. The fourth-order valence-electron chi connectivity index (χ4n) is 2.33. The van der Waals surface area contributed by atoms with Crippen LogP contribution in [0.5, 0.6) is 0 Å². The number of carbonyl (C=O) groups is 1. The van der Waals surface area contributed by atoms with Gasteiger partial charge in [-0.1, -0.05) is 51.1 Å². The minimum atomic E-state index is -0.130. The first kappa shape index (κ1) is 19.1. The third-order valence-electron chi connectivity index (χ3n) is 3.79. The van der Waals surface area contributed by atoms with Crippen molar-refractivity contribution in [1.29, 1.82) is 0 Å². The van der Waals surface area contributed by atoms with Crippen LogP contribution in [0.25, 0.3) is 0 Å². The van der Waals surface area contributed by atoms with Crippen LogP contribution >= 0.6 is 0 Å². The monoisotopic (exact) mass is 344 g/mol. The fraction of sp³-hybridized carbons (Fsp3) is 0.526. The van der Waals surface area contributed by atoms with E-state index in [2.05, 4.69) is 27.7 Å². The number of nitrogens with one attached hydrogen (secondary N) is 2. The smallest absolute Gasteiger partial charge is 0.226 e. The predicted molar refractivity (Wildman–Crippen MR) is 98.4 cm³/mol. The number of anilines is 1. The molecule has 2 rings (SSSR count). The molecule has 0 radical (unpaired) electrons. The van der Waals surface area contributed by atoms with Crippen molar-refractivity contribution < 1.29 is 9.32 Å². The van der Waals surface area contributed by atoms with Gasteiger partial charge in [-0.15, -0.1) is 0 Å². The van der Waals surface area contributed by atoms with Crippen molar-refractivity contribution in [2.45, 2.75) is 58.9 Å². The van der Waals surface area contributed by atoms with Crippen LogP contribution in [0, 0.1) is 0 Å². The lowest BCUT2D eigenvalue weighted by atomic mass is 9.96. The quantitative estimate of drug-likeness (QED) is 0.767. The Morgan fingerprint density at radius 1 is 1.24 bits per heavy atom. The van der Waals surface area contributed by atoms with E-state index >= 15 is 0 Å². The van der Waals surface area contributed by atoms with Crippen LogP contribution in [0.15, 0.2) is 28.8 Å². The van der Waals surface area contributed by atoms with Gasteiger partial charge in [0.2, 0.25) is 11.8 Å². The third kappa shape index (κ3) is 5.98. The van der Waals surface area contributed by atoms with Crippen molar-refractivity contribution in [3.05, 3.63) is 41.5 Å². The van der Waals surface area contributed by atoms with Crippen molar-refractivity contribution in [3.63, 3.8) is 0 Å². The fourth-order valence-corrected chi connectivity index (χ4v) is 2.33. The highest BCUT2D eigenvalue weighted by Crippen LogP contribution is 2.19. The zero-order valence-corrected chi connectivity index (χ0v) is 15.6. The molecule has 0 bridgehead atoms. The van der Waals surface area contributed by atoms with E-state index in [4.69, 9.17) is 4.52 Å². The van der Waals surface area contributed by atoms with Gasteiger partial charge in [0, 0.05) is 30.5 Å². The van der Waals surface area contributed by atoms with Gasteiger partial charge in [-0.2, -0.15) is 4.98 Å². The minimum Gasteiger partial charge on any atom is -0.339 e. The molecule has 6 heteroatoms. The second-order valence-electron chi connectivity index (χ2n) is 7.10. The van der Waals surface area contributed by atoms with Gasteiger partial charge >= 0.3 is 0 Å². The van der Waals surface area contributed by atoms with Gasteiger partial charge in [-0.05, 0) is 24.6 Å². The Labute approximate surface area is 149 Å². The second-order valence-corrected chi connectivity index (χ2v) is 7.10. The Kier molecular flexibility index (Phi) is 6.70. The standard InChI is InChI=1S/C19H28N4O2/c1-5-20-13-14-9-6-7-10-15(14)21-16(24)11-8-12-17-22-18(23-25-17)19(2,3)4/h6-7,9-10,20H,5,8,11-13H2,1-4H3,(H,21,24). The molecule has 0 aliphatic rings. The molecule has 1 aromatic heterocycles. The topological polar surface area (TPSA) is 80.0 Å². The molecule has 2 N–H and O–H groups in total. The number of benzene rings is 1. The number of rotatable bonds is 8. The minimum absolute atomic E-state index is 0.000455. The number of aromatic nitrogens is 2. The van der Waals surface area contributed by atoms with E-state index in [1.807, 2.05) is 45.0 Å². The van der Waals surface area contributed by atoms with Gasteiger partial charge in [0.1, 0.15) is 0 Å². The van der Waals surface area contributed by atoms with E-state index in [1.54, 1.807) is 0 Å². The number of nitrogens with zero attached hydrogens (tertiary/aromatic N) is 2. The highest BCUT2D eigenvalue weighted by Gasteiger charge is 2.20. The van der Waals surface area contributed by atoms with E-state index in [9.17, 15) is 4.79 Å². The number of para-hydroxylation sites is 1. The summed E-state index contributed by atoms with van der Waals surface area (Å²) >= 11 is 0. The SMILES string of the molecule is CCNCc1ccccc1NC(=O)CCCc1nc(C(C)(C)C)no1. The van der Waals surface area contributed by atoms with Crippen molar-refractivity contribution in [2.75, 3.05) is 11.9 Å². The molecule has 0 saturated carbocycles. The van der Waals surface area contributed by atoms with Crippen LogP contribution in [0.3, 0.4) is 0 Å². The van der Waals surface area contributed by atoms with Crippen LogP contribution in [0.1, 0.15) is 57.8 Å². The van der Waals surface area contributed by atoms with Crippen LogP contribution in [0.4, 0.5) is 5.69 Å². The maximum atomic E-state index is 12.2. The van der Waals surface area contributed by atoms with Crippen molar-refractivity contribution in [3.8, 4) is 0 Å². The molecule has 6 nitrogen and oxygen atoms in total. The van der Waals surface area contributed by atoms with E-state index < -0.39 is 0 Å². The maximum absolute atomic E-state index is 12.2. The summed E-state index contributed by atoms with van der Waals surface area (Å²) in [7, 11) is 0. The molecule has 0 fully saturated rings. The molecule has 2 aromatic rings. The number of carbonyl (C=O) groups excluding carboxylic acids is 1. The van der Waals surface area contributed by atoms with Gasteiger partial charge in [0.15, 0.2) is 5.82 Å². The first-order valence-electron chi connectivity index (χ1n) is 8.81. The highest BCUT2D eigenvalue weighted by molar-refractivity contribution is 5.91. The van der Waals surface area contributed by atoms with Gasteiger partial charge in [0.05, 0.1) is 0 Å². The van der Waals surface area contributed by atoms with E-state index in [0.29, 0.717) is 31.0 Å². The molecule has 136 valence electrons. The second kappa shape index (κ2) is 8.76. The predicted octanol–water partition coefficient (Wildman–Crippen LogP) is 3.44. The van der Waals surface area contributed by atoms with Crippen LogP contribution in [-0.2, 0) is 23.2 Å². The molecular weight excluding hydrogens is 316 g/mol. The summed E-state index contributed by atoms with van der Waals surface area (Å²) in [5, 5.41) is 10.3. The lowest BCUT2D eigenvalue weighted by Crippen LogP contribution is -2.17. The summed E-state index contributed by atoms with van der Waals surface area (Å²) in [5.74, 6) is 1.29. The van der Waals surface area contributed by atoms with Crippen molar-refractivity contribution in [2.24, 2.45) is 0 Å². The summed E-state index contributed by atoms with van der Waals surface area (Å²) in [6, 6.07) is 7.85. The normalized spacial score (nSPS) is 11.5. The Hall–Kier alpha value is -2.21. The Balaban J connectivity index is 1.82. The Bertz CT molecular complexity index is 689. The molecule has 1 amide bonds. The average Bonchev–Trinajstić information content (AvgIpc) is 3.03. The number of hydrogen-bond acceptors (Lipinski definition) is 5. The van der Waals surface area contributed by atoms with E-state index in [1.165, 1.54) is 0 Å². The molecule has 0 aliphatic heterocycles. The largest absolute Gasteiger partial charge is 0.339 e. The number of amides is 1. The zero-order valence-electron chi connectivity index (χ0n) is 15.6. The molecule has 25 heavy (non-hydrogen) atoms.